The lowest BCUT2D eigenvalue weighted by molar-refractivity contribution is -0.402. The number of carbonyl (C=O) groups is 1. The molecule has 1 aliphatic carbocycles. The summed E-state index contributed by atoms with van der Waals surface area (Å²) in [5.74, 6) is 0.271. The lowest BCUT2D eigenvalue weighted by atomic mass is 9.87. The lowest BCUT2D eigenvalue weighted by Crippen LogP contribution is -2.16. The first kappa shape index (κ1) is 16.4. The van der Waals surface area contributed by atoms with E-state index in [1.807, 2.05) is 6.07 Å². The third-order valence-electron chi connectivity index (χ3n) is 4.14. The third-order valence-corrected chi connectivity index (χ3v) is 5.37. The van der Waals surface area contributed by atoms with E-state index in [1.54, 1.807) is 0 Å². The van der Waals surface area contributed by atoms with Gasteiger partial charge >= 0.3 is 5.88 Å². The number of nitrogens with one attached hydrogen (secondary N) is 1. The minimum Gasteiger partial charge on any atom is -0.400 e. The molecule has 0 fully saturated rings. The highest BCUT2D eigenvalue weighted by atomic mass is 32.1. The fraction of sp³-hybridized carbons (Fsp3) is 0.375. The van der Waals surface area contributed by atoms with Crippen molar-refractivity contribution in [3.63, 3.8) is 0 Å². The zero-order chi connectivity index (χ0) is 17.1. The minimum atomic E-state index is -0.629. The van der Waals surface area contributed by atoms with E-state index in [9.17, 15) is 14.9 Å². The smallest absolute Gasteiger partial charge is 0.400 e. The van der Waals surface area contributed by atoms with E-state index in [2.05, 4.69) is 17.5 Å². The molecule has 126 valence electrons. The highest BCUT2D eigenvalue weighted by molar-refractivity contribution is 7.14. The Morgan fingerprint density at radius 3 is 3.12 bits per heavy atom. The molecule has 1 N–H and O–H groups in total. The molecular formula is C16H17N3O4S. The Hall–Kier alpha value is -2.48. The van der Waals surface area contributed by atoms with Crippen LogP contribution in [0.25, 0.3) is 0 Å². The van der Waals surface area contributed by atoms with Crippen LogP contribution < -0.4 is 5.43 Å². The molecule has 0 bridgehead atoms. The number of aryl methyl sites for hydroxylation is 1. The van der Waals surface area contributed by atoms with Gasteiger partial charge in [-0.2, -0.15) is 5.10 Å². The third kappa shape index (κ3) is 3.53. The summed E-state index contributed by atoms with van der Waals surface area (Å²) < 4.78 is 4.93. The van der Waals surface area contributed by atoms with Gasteiger partial charge in [-0.3, -0.25) is 14.9 Å². The number of rotatable bonds is 5. The predicted molar refractivity (Wildman–Crippen MR) is 90.5 cm³/mol. The number of amides is 1. The zero-order valence-corrected chi connectivity index (χ0v) is 14.0. The molecule has 0 radical (unpaired) electrons. The summed E-state index contributed by atoms with van der Waals surface area (Å²) in [6.45, 7) is 2.20. The molecule has 3 rings (SSSR count). The van der Waals surface area contributed by atoms with Crippen LogP contribution in [0, 0.1) is 16.0 Å². The minimum absolute atomic E-state index is 0.207. The molecule has 7 nitrogen and oxygen atoms in total. The number of hydrogen-bond acceptors (Lipinski definition) is 6. The normalized spacial score (nSPS) is 17.0. The summed E-state index contributed by atoms with van der Waals surface area (Å²) >= 11 is 1.51. The maximum atomic E-state index is 12.2. The number of hydrazone groups is 1. The fourth-order valence-electron chi connectivity index (χ4n) is 2.78. The van der Waals surface area contributed by atoms with E-state index < -0.39 is 4.92 Å². The predicted octanol–water partition coefficient (Wildman–Crippen LogP) is 3.53. The molecule has 0 aromatic carbocycles. The van der Waals surface area contributed by atoms with Crippen LogP contribution in [0.1, 0.15) is 45.6 Å². The molecule has 0 unspecified atom stereocenters. The van der Waals surface area contributed by atoms with Crippen molar-refractivity contribution in [1.82, 2.24) is 5.43 Å². The Morgan fingerprint density at radius 2 is 2.42 bits per heavy atom. The van der Waals surface area contributed by atoms with E-state index in [1.165, 1.54) is 46.5 Å². The Labute approximate surface area is 142 Å². The number of thiophene rings is 1. The van der Waals surface area contributed by atoms with Gasteiger partial charge in [0.05, 0.1) is 17.2 Å². The van der Waals surface area contributed by atoms with Crippen LogP contribution in [-0.2, 0) is 12.8 Å². The highest BCUT2D eigenvalue weighted by Gasteiger charge is 2.21. The van der Waals surface area contributed by atoms with Gasteiger partial charge in [-0.25, -0.2) is 5.43 Å². The van der Waals surface area contributed by atoms with Crippen LogP contribution in [0.15, 0.2) is 27.7 Å². The van der Waals surface area contributed by atoms with Crippen LogP contribution in [0.3, 0.4) is 0 Å². The van der Waals surface area contributed by atoms with Gasteiger partial charge in [0.15, 0.2) is 5.76 Å². The largest absolute Gasteiger partial charge is 0.433 e. The Morgan fingerprint density at radius 1 is 1.58 bits per heavy atom. The summed E-state index contributed by atoms with van der Waals surface area (Å²) in [6, 6.07) is 4.60. The van der Waals surface area contributed by atoms with Crippen molar-refractivity contribution in [2.75, 3.05) is 0 Å². The number of hydrogen-bond donors (Lipinski definition) is 1. The molecule has 2 heterocycles. The maximum Gasteiger partial charge on any atom is 0.433 e. The molecule has 0 saturated carbocycles. The summed E-state index contributed by atoms with van der Waals surface area (Å²) in [7, 11) is 0. The summed E-state index contributed by atoms with van der Waals surface area (Å²) in [6.07, 6.45) is 5.66. The molecule has 0 spiro atoms. The van der Waals surface area contributed by atoms with Crippen molar-refractivity contribution in [3.8, 4) is 0 Å². The number of carbonyl (C=O) groups excluding carboxylic acids is 1. The molecule has 2 aromatic heterocycles. The summed E-state index contributed by atoms with van der Waals surface area (Å²) in [5.41, 5.74) is 3.70. The fourth-order valence-corrected chi connectivity index (χ4v) is 3.88. The molecule has 1 amide bonds. The van der Waals surface area contributed by atoms with E-state index in [0.717, 1.165) is 19.3 Å². The molecule has 8 heteroatoms. The van der Waals surface area contributed by atoms with E-state index in [4.69, 9.17) is 4.42 Å². The highest BCUT2D eigenvalue weighted by Crippen LogP contribution is 2.33. The average Bonchev–Trinajstić information content (AvgIpc) is 3.20. The van der Waals surface area contributed by atoms with Gasteiger partial charge in [-0.15, -0.1) is 11.3 Å². The van der Waals surface area contributed by atoms with Gasteiger partial charge in [0.25, 0.3) is 5.91 Å². The molecular weight excluding hydrogens is 330 g/mol. The molecule has 2 aromatic rings. The quantitative estimate of drug-likeness (QED) is 0.508. The molecule has 0 saturated heterocycles. The van der Waals surface area contributed by atoms with Crippen molar-refractivity contribution in [1.29, 1.82) is 0 Å². The number of nitrogens with zero attached hydrogens (tertiary/aromatic N) is 2. The first-order chi connectivity index (χ1) is 11.6. The standard InChI is InChI=1S/C16H17N3O4S/c1-2-10-3-5-13-11(7-10)8-14(24-13)16(20)18-17-9-12-4-6-15(23-12)19(21)22/h4,6,8-10H,2-3,5,7H2,1H3,(H,18,20)/b17-9-/t10-/m0/s1. The Bertz CT molecular complexity index is 793. The SMILES string of the molecule is CC[C@H]1CCc2sc(C(=O)N/N=C\c3ccc([N+](=O)[O-])o3)cc2C1. The van der Waals surface area contributed by atoms with Gasteiger partial charge in [0.1, 0.15) is 4.92 Å². The van der Waals surface area contributed by atoms with Crippen LogP contribution in [-0.4, -0.2) is 17.0 Å². The Kier molecular flexibility index (Phi) is 4.75. The van der Waals surface area contributed by atoms with Crippen molar-refractivity contribution in [2.45, 2.75) is 32.6 Å². The van der Waals surface area contributed by atoms with Gasteiger partial charge in [0.2, 0.25) is 0 Å². The van der Waals surface area contributed by atoms with Gasteiger partial charge in [-0.05, 0) is 42.9 Å². The van der Waals surface area contributed by atoms with Crippen molar-refractivity contribution in [2.24, 2.45) is 11.0 Å². The average molecular weight is 347 g/mol. The van der Waals surface area contributed by atoms with E-state index in [-0.39, 0.29) is 17.6 Å². The number of furan rings is 1. The summed E-state index contributed by atoms with van der Waals surface area (Å²) in [5, 5.41) is 14.3. The van der Waals surface area contributed by atoms with Crippen LogP contribution in [0.4, 0.5) is 5.88 Å². The van der Waals surface area contributed by atoms with Crippen molar-refractivity contribution < 1.29 is 14.1 Å². The number of nitro groups is 1. The molecule has 1 aliphatic rings. The van der Waals surface area contributed by atoms with Crippen molar-refractivity contribution >= 4 is 29.3 Å². The second-order valence-corrected chi connectivity index (χ2v) is 6.85. The van der Waals surface area contributed by atoms with Gasteiger partial charge in [-0.1, -0.05) is 13.3 Å². The van der Waals surface area contributed by atoms with Crippen LogP contribution >= 0.6 is 11.3 Å². The molecule has 0 aliphatic heterocycles. The number of fused-ring (bicyclic) bond motifs is 1. The summed E-state index contributed by atoms with van der Waals surface area (Å²) in [4.78, 5) is 24.0. The first-order valence-corrected chi connectivity index (χ1v) is 8.57. The molecule has 1 atom stereocenters. The lowest BCUT2D eigenvalue weighted by Gasteiger charge is -2.19. The monoisotopic (exact) mass is 347 g/mol. The van der Waals surface area contributed by atoms with Crippen LogP contribution in [0.5, 0.6) is 0 Å². The van der Waals surface area contributed by atoms with Crippen molar-refractivity contribution in [3.05, 3.63) is 49.4 Å². The second kappa shape index (κ2) is 6.96. The topological polar surface area (TPSA) is 97.7 Å². The second-order valence-electron chi connectivity index (χ2n) is 5.71. The molecule has 24 heavy (non-hydrogen) atoms. The zero-order valence-electron chi connectivity index (χ0n) is 13.2. The first-order valence-electron chi connectivity index (χ1n) is 7.76. The van der Waals surface area contributed by atoms with E-state index >= 15 is 0 Å². The Balaban J connectivity index is 1.62. The maximum absolute atomic E-state index is 12.2. The van der Waals surface area contributed by atoms with Gasteiger partial charge in [0, 0.05) is 4.88 Å². The van der Waals surface area contributed by atoms with Crippen LogP contribution in [0.2, 0.25) is 0 Å². The van der Waals surface area contributed by atoms with Gasteiger partial charge < -0.3 is 4.42 Å². The van der Waals surface area contributed by atoms with E-state index in [0.29, 0.717) is 10.8 Å².